The fourth-order valence-corrected chi connectivity index (χ4v) is 2.69. The van der Waals surface area contributed by atoms with Crippen LogP contribution in [0.1, 0.15) is 11.6 Å². The number of aryl methyl sites for hydroxylation is 1. The van der Waals surface area contributed by atoms with Crippen molar-refractivity contribution in [3.63, 3.8) is 0 Å². The van der Waals surface area contributed by atoms with Crippen LogP contribution in [0.3, 0.4) is 0 Å². The molecule has 0 saturated heterocycles. The minimum Gasteiger partial charge on any atom is -0.330 e. The van der Waals surface area contributed by atoms with E-state index in [1.807, 2.05) is 0 Å². The van der Waals surface area contributed by atoms with E-state index in [0.29, 0.717) is 11.6 Å². The first kappa shape index (κ1) is 17.8. The molecule has 0 radical (unpaired) electrons. The number of H-pyrrole nitrogens is 1. The Hall–Kier alpha value is -2.53. The standard InChI is InChI=1S/C13H17FN6O3S/c1-8-16-12(19-18-8)7-15-13(21)17-11-6-9(4-5-10(11)14)24(22,23)20(2)3/h4-6H,7H2,1-3H3,(H2,15,17,21)(H,16,18,19). The summed E-state index contributed by atoms with van der Waals surface area (Å²) in [7, 11) is -1.02. The van der Waals surface area contributed by atoms with E-state index in [0.717, 1.165) is 22.5 Å². The van der Waals surface area contributed by atoms with E-state index in [2.05, 4.69) is 25.8 Å². The minimum absolute atomic E-state index is 0.0352. The molecule has 9 nitrogen and oxygen atoms in total. The molecule has 24 heavy (non-hydrogen) atoms. The summed E-state index contributed by atoms with van der Waals surface area (Å²) in [5, 5.41) is 11.2. The van der Waals surface area contributed by atoms with Gasteiger partial charge in [0.05, 0.1) is 17.1 Å². The molecule has 0 bridgehead atoms. The average Bonchev–Trinajstić information content (AvgIpc) is 2.92. The first-order valence-electron chi connectivity index (χ1n) is 6.85. The molecule has 0 atom stereocenters. The van der Waals surface area contributed by atoms with E-state index >= 15 is 0 Å². The SMILES string of the molecule is Cc1nc(CNC(=O)Nc2cc(S(=O)(=O)N(C)C)ccc2F)n[nH]1. The Morgan fingerprint density at radius 1 is 1.38 bits per heavy atom. The second-order valence-corrected chi connectivity index (χ2v) is 7.23. The van der Waals surface area contributed by atoms with Gasteiger partial charge in [-0.15, -0.1) is 0 Å². The van der Waals surface area contributed by atoms with E-state index < -0.39 is 21.9 Å². The maximum atomic E-state index is 13.8. The zero-order chi connectivity index (χ0) is 17.9. The van der Waals surface area contributed by atoms with Crippen LogP contribution in [0.4, 0.5) is 14.9 Å². The number of urea groups is 1. The minimum atomic E-state index is -3.73. The zero-order valence-corrected chi connectivity index (χ0v) is 14.1. The maximum absolute atomic E-state index is 13.8. The second kappa shape index (κ2) is 6.93. The predicted molar refractivity (Wildman–Crippen MR) is 84.3 cm³/mol. The van der Waals surface area contributed by atoms with E-state index in [1.165, 1.54) is 14.1 Å². The number of sulfonamides is 1. The monoisotopic (exact) mass is 356 g/mol. The number of anilines is 1. The van der Waals surface area contributed by atoms with Crippen LogP contribution in [-0.4, -0.2) is 48.0 Å². The summed E-state index contributed by atoms with van der Waals surface area (Å²) >= 11 is 0. The summed E-state index contributed by atoms with van der Waals surface area (Å²) in [5.41, 5.74) is -0.249. The summed E-state index contributed by atoms with van der Waals surface area (Å²) in [6.45, 7) is 1.75. The first-order valence-corrected chi connectivity index (χ1v) is 8.29. The molecule has 0 unspecified atom stereocenters. The van der Waals surface area contributed by atoms with Gasteiger partial charge in [-0.1, -0.05) is 0 Å². The molecular formula is C13H17FN6O3S. The Bertz CT molecular complexity index is 849. The highest BCUT2D eigenvalue weighted by Crippen LogP contribution is 2.21. The molecule has 0 spiro atoms. The van der Waals surface area contributed by atoms with Gasteiger partial charge in [-0.3, -0.25) is 5.10 Å². The number of hydrogen-bond donors (Lipinski definition) is 3. The Morgan fingerprint density at radius 3 is 2.67 bits per heavy atom. The van der Waals surface area contributed by atoms with Crippen LogP contribution in [0.5, 0.6) is 0 Å². The molecule has 2 amide bonds. The lowest BCUT2D eigenvalue weighted by molar-refractivity contribution is 0.251. The number of carbonyl (C=O) groups is 1. The summed E-state index contributed by atoms with van der Waals surface area (Å²) in [5.74, 6) is 0.212. The van der Waals surface area contributed by atoms with Crippen molar-refractivity contribution in [2.24, 2.45) is 0 Å². The largest absolute Gasteiger partial charge is 0.330 e. The highest BCUT2D eigenvalue weighted by atomic mass is 32.2. The Morgan fingerprint density at radius 2 is 2.08 bits per heavy atom. The molecule has 2 rings (SSSR count). The van der Waals surface area contributed by atoms with Crippen molar-refractivity contribution in [2.45, 2.75) is 18.4 Å². The smallest absolute Gasteiger partial charge is 0.319 e. The number of halogens is 1. The van der Waals surface area contributed by atoms with Crippen molar-refractivity contribution in [2.75, 3.05) is 19.4 Å². The number of aromatic amines is 1. The third-order valence-electron chi connectivity index (χ3n) is 3.02. The maximum Gasteiger partial charge on any atom is 0.319 e. The molecule has 0 aliphatic carbocycles. The van der Waals surface area contributed by atoms with Crippen molar-refractivity contribution in [1.29, 1.82) is 0 Å². The van der Waals surface area contributed by atoms with Crippen LogP contribution in [0.15, 0.2) is 23.1 Å². The number of amides is 2. The average molecular weight is 356 g/mol. The van der Waals surface area contributed by atoms with Gasteiger partial charge < -0.3 is 10.6 Å². The number of hydrogen-bond acceptors (Lipinski definition) is 5. The van der Waals surface area contributed by atoms with Gasteiger partial charge in [-0.05, 0) is 25.1 Å². The van der Waals surface area contributed by atoms with Crippen LogP contribution < -0.4 is 10.6 Å². The molecular weight excluding hydrogens is 339 g/mol. The fourth-order valence-electron chi connectivity index (χ4n) is 1.77. The van der Waals surface area contributed by atoms with Crippen molar-refractivity contribution >= 4 is 21.7 Å². The van der Waals surface area contributed by atoms with Crippen molar-refractivity contribution < 1.29 is 17.6 Å². The first-order chi connectivity index (χ1) is 11.2. The molecule has 0 aliphatic rings. The van der Waals surface area contributed by atoms with Crippen molar-refractivity contribution in [1.82, 2.24) is 24.8 Å². The van der Waals surface area contributed by atoms with Crippen molar-refractivity contribution in [3.05, 3.63) is 35.7 Å². The van der Waals surface area contributed by atoms with Gasteiger partial charge in [0.25, 0.3) is 0 Å². The van der Waals surface area contributed by atoms with E-state index in [9.17, 15) is 17.6 Å². The Balaban J connectivity index is 2.10. The third kappa shape index (κ3) is 4.06. The van der Waals surface area contributed by atoms with Gasteiger partial charge in [0.15, 0.2) is 5.82 Å². The molecule has 11 heteroatoms. The molecule has 1 aromatic carbocycles. The van der Waals surface area contributed by atoms with Crippen LogP contribution >= 0.6 is 0 Å². The van der Waals surface area contributed by atoms with E-state index in [4.69, 9.17) is 0 Å². The Kier molecular flexibility index (Phi) is 5.14. The molecule has 0 aliphatic heterocycles. The summed E-state index contributed by atoms with van der Waals surface area (Å²) in [6, 6.07) is 2.45. The fraction of sp³-hybridized carbons (Fsp3) is 0.308. The number of nitrogens with zero attached hydrogens (tertiary/aromatic N) is 3. The molecule has 1 aromatic heterocycles. The van der Waals surface area contributed by atoms with Gasteiger partial charge in [0.2, 0.25) is 10.0 Å². The Labute approximate surface area is 138 Å². The highest BCUT2D eigenvalue weighted by Gasteiger charge is 2.19. The molecule has 0 saturated carbocycles. The summed E-state index contributed by atoms with van der Waals surface area (Å²) < 4.78 is 38.9. The summed E-state index contributed by atoms with van der Waals surface area (Å²) in [6.07, 6.45) is 0. The molecule has 1 heterocycles. The lowest BCUT2D eigenvalue weighted by Crippen LogP contribution is -2.29. The van der Waals surface area contributed by atoms with Crippen LogP contribution in [-0.2, 0) is 16.6 Å². The molecule has 0 fully saturated rings. The highest BCUT2D eigenvalue weighted by molar-refractivity contribution is 7.89. The topological polar surface area (TPSA) is 120 Å². The van der Waals surface area contributed by atoms with Crippen LogP contribution in [0, 0.1) is 12.7 Å². The molecule has 2 aromatic rings. The zero-order valence-electron chi connectivity index (χ0n) is 13.3. The third-order valence-corrected chi connectivity index (χ3v) is 4.83. The van der Waals surface area contributed by atoms with Gasteiger partial charge in [-0.25, -0.2) is 26.9 Å². The van der Waals surface area contributed by atoms with Gasteiger partial charge in [-0.2, -0.15) is 5.10 Å². The number of benzene rings is 1. The quantitative estimate of drug-likeness (QED) is 0.733. The van der Waals surface area contributed by atoms with Crippen LogP contribution in [0.25, 0.3) is 0 Å². The normalized spacial score (nSPS) is 11.5. The predicted octanol–water partition coefficient (Wildman–Crippen LogP) is 0.824. The van der Waals surface area contributed by atoms with Gasteiger partial charge in [0, 0.05) is 14.1 Å². The second-order valence-electron chi connectivity index (χ2n) is 5.07. The lowest BCUT2D eigenvalue weighted by atomic mass is 10.3. The molecule has 130 valence electrons. The number of carbonyl (C=O) groups excluding carboxylic acids is 1. The van der Waals surface area contributed by atoms with E-state index in [1.54, 1.807) is 6.92 Å². The molecule has 3 N–H and O–H groups in total. The van der Waals surface area contributed by atoms with Crippen LogP contribution in [0.2, 0.25) is 0 Å². The number of aromatic nitrogens is 3. The van der Waals surface area contributed by atoms with E-state index in [-0.39, 0.29) is 17.1 Å². The lowest BCUT2D eigenvalue weighted by Gasteiger charge is -2.13. The summed E-state index contributed by atoms with van der Waals surface area (Å²) in [4.78, 5) is 15.7. The van der Waals surface area contributed by atoms with Crippen molar-refractivity contribution in [3.8, 4) is 0 Å². The number of nitrogens with one attached hydrogen (secondary N) is 3. The number of rotatable bonds is 5. The van der Waals surface area contributed by atoms with Gasteiger partial charge >= 0.3 is 6.03 Å². The van der Waals surface area contributed by atoms with Gasteiger partial charge in [0.1, 0.15) is 11.6 Å².